The maximum atomic E-state index is 4.20. The first kappa shape index (κ1) is 8.03. The van der Waals surface area contributed by atoms with Crippen LogP contribution in [0.5, 0.6) is 0 Å². The fourth-order valence-corrected chi connectivity index (χ4v) is 1.16. The van der Waals surface area contributed by atoms with E-state index in [1.807, 2.05) is 7.05 Å². The van der Waals surface area contributed by atoms with Gasteiger partial charge in [-0.05, 0) is 0 Å². The normalized spacial score (nSPS) is 15.3. The standard InChI is InChI=1S/C7H12N6/c1-13-6(11-5-12-13)4-10-7-8-2-3-9-7/h5H,2-4H2,1H3,(H2,8,9,10). The Morgan fingerprint density at radius 2 is 2.62 bits per heavy atom. The smallest absolute Gasteiger partial charge is 0.191 e. The molecule has 0 amide bonds. The Labute approximate surface area is 76.1 Å². The quantitative estimate of drug-likeness (QED) is 0.604. The molecule has 0 saturated carbocycles. The molecule has 70 valence electrons. The molecule has 0 unspecified atom stereocenters. The minimum absolute atomic E-state index is 0.655. The van der Waals surface area contributed by atoms with Crippen LogP contribution in [0.4, 0.5) is 0 Å². The molecular weight excluding hydrogens is 168 g/mol. The first-order chi connectivity index (χ1) is 6.36. The van der Waals surface area contributed by atoms with Gasteiger partial charge in [0.2, 0.25) is 0 Å². The van der Waals surface area contributed by atoms with Crippen molar-refractivity contribution in [3.8, 4) is 0 Å². The van der Waals surface area contributed by atoms with Crippen molar-refractivity contribution in [2.24, 2.45) is 12.0 Å². The van der Waals surface area contributed by atoms with Gasteiger partial charge in [-0.1, -0.05) is 0 Å². The van der Waals surface area contributed by atoms with Gasteiger partial charge in [0.25, 0.3) is 0 Å². The molecule has 6 nitrogen and oxygen atoms in total. The third-order valence-electron chi connectivity index (χ3n) is 1.89. The van der Waals surface area contributed by atoms with Gasteiger partial charge in [0.1, 0.15) is 12.2 Å². The molecule has 0 fully saturated rings. The number of nitrogens with one attached hydrogen (secondary N) is 2. The van der Waals surface area contributed by atoms with Crippen molar-refractivity contribution < 1.29 is 0 Å². The Balaban J connectivity index is 1.89. The van der Waals surface area contributed by atoms with Gasteiger partial charge >= 0.3 is 0 Å². The second-order valence-electron chi connectivity index (χ2n) is 2.81. The van der Waals surface area contributed by atoms with Crippen LogP contribution in [0.25, 0.3) is 0 Å². The van der Waals surface area contributed by atoms with E-state index in [4.69, 9.17) is 0 Å². The van der Waals surface area contributed by atoms with E-state index in [0.29, 0.717) is 6.54 Å². The Hall–Kier alpha value is -1.59. The summed E-state index contributed by atoms with van der Waals surface area (Å²) in [4.78, 5) is 8.29. The summed E-state index contributed by atoms with van der Waals surface area (Å²) in [6, 6.07) is 0. The van der Waals surface area contributed by atoms with Gasteiger partial charge in [0, 0.05) is 13.6 Å². The van der Waals surface area contributed by atoms with E-state index < -0.39 is 0 Å². The summed E-state index contributed by atoms with van der Waals surface area (Å²) < 4.78 is 1.74. The zero-order valence-electron chi connectivity index (χ0n) is 7.49. The van der Waals surface area contributed by atoms with Crippen LogP contribution < -0.4 is 10.6 Å². The van der Waals surface area contributed by atoms with Gasteiger partial charge in [-0.25, -0.2) is 4.98 Å². The van der Waals surface area contributed by atoms with Crippen LogP contribution in [-0.4, -0.2) is 33.8 Å². The van der Waals surface area contributed by atoms with Crippen LogP contribution in [0.3, 0.4) is 0 Å². The summed E-state index contributed by atoms with van der Waals surface area (Å²) in [6.07, 6.45) is 1.54. The fourth-order valence-electron chi connectivity index (χ4n) is 1.16. The predicted molar refractivity (Wildman–Crippen MR) is 48.1 cm³/mol. The highest BCUT2D eigenvalue weighted by molar-refractivity contribution is 5.81. The Morgan fingerprint density at radius 3 is 3.23 bits per heavy atom. The summed E-state index contributed by atoms with van der Waals surface area (Å²) in [6.45, 7) is 2.42. The van der Waals surface area contributed by atoms with Gasteiger partial charge in [0.05, 0.1) is 13.1 Å². The van der Waals surface area contributed by atoms with Crippen LogP contribution in [0.15, 0.2) is 11.3 Å². The zero-order chi connectivity index (χ0) is 9.10. The van der Waals surface area contributed by atoms with Crippen molar-refractivity contribution >= 4 is 5.96 Å². The molecule has 1 aromatic heterocycles. The summed E-state index contributed by atoms with van der Waals surface area (Å²) in [5, 5.41) is 10.2. The first-order valence-corrected chi connectivity index (χ1v) is 4.21. The van der Waals surface area contributed by atoms with Gasteiger partial charge < -0.3 is 10.6 Å². The lowest BCUT2D eigenvalue weighted by Crippen LogP contribution is -2.33. The fraction of sp³-hybridized carbons (Fsp3) is 0.571. The summed E-state index contributed by atoms with van der Waals surface area (Å²) in [7, 11) is 1.87. The maximum Gasteiger partial charge on any atom is 0.191 e. The number of aliphatic imine (C=N–C) groups is 1. The highest BCUT2D eigenvalue weighted by Crippen LogP contribution is 1.90. The molecule has 0 aromatic carbocycles. The van der Waals surface area contributed by atoms with Crippen molar-refractivity contribution in [3.05, 3.63) is 12.2 Å². The molecule has 1 aliphatic rings. The molecule has 0 atom stereocenters. The van der Waals surface area contributed by atoms with Crippen molar-refractivity contribution in [1.29, 1.82) is 0 Å². The van der Waals surface area contributed by atoms with Crippen LogP contribution in [-0.2, 0) is 13.6 Å². The summed E-state index contributed by atoms with van der Waals surface area (Å²) in [5.41, 5.74) is 0. The van der Waals surface area contributed by atoms with E-state index in [1.54, 1.807) is 11.0 Å². The number of rotatable bonds is 2. The highest BCUT2D eigenvalue weighted by Gasteiger charge is 2.05. The largest absolute Gasteiger partial charge is 0.355 e. The Bertz CT molecular complexity index is 315. The number of guanidine groups is 1. The van der Waals surface area contributed by atoms with Gasteiger partial charge in [0.15, 0.2) is 5.96 Å². The third kappa shape index (κ3) is 1.77. The number of hydrogen-bond acceptors (Lipinski definition) is 5. The third-order valence-corrected chi connectivity index (χ3v) is 1.89. The van der Waals surface area contributed by atoms with Crippen molar-refractivity contribution in [2.75, 3.05) is 13.1 Å². The molecule has 13 heavy (non-hydrogen) atoms. The second kappa shape index (κ2) is 3.42. The molecule has 0 aliphatic carbocycles. The van der Waals surface area contributed by atoms with E-state index in [0.717, 1.165) is 24.9 Å². The molecule has 0 radical (unpaired) electrons. The molecule has 1 aromatic rings. The molecule has 2 rings (SSSR count). The minimum Gasteiger partial charge on any atom is -0.355 e. The van der Waals surface area contributed by atoms with Crippen molar-refractivity contribution in [2.45, 2.75) is 6.54 Å². The average Bonchev–Trinajstić information content (AvgIpc) is 2.72. The number of hydrogen-bond donors (Lipinski definition) is 2. The second-order valence-corrected chi connectivity index (χ2v) is 2.81. The summed E-state index contributed by atoms with van der Waals surface area (Å²) >= 11 is 0. The molecule has 0 bridgehead atoms. The average molecular weight is 180 g/mol. The summed E-state index contributed by atoms with van der Waals surface area (Å²) in [5.74, 6) is 1.75. The molecule has 6 heteroatoms. The monoisotopic (exact) mass is 180 g/mol. The minimum atomic E-state index is 0.655. The topological polar surface area (TPSA) is 67.1 Å². The van der Waals surface area contributed by atoms with Crippen molar-refractivity contribution in [3.63, 3.8) is 0 Å². The maximum absolute atomic E-state index is 4.20. The molecule has 0 saturated heterocycles. The SMILES string of the molecule is Cn1ncnc1CNC1=NCCN1. The predicted octanol–water partition coefficient (Wildman–Crippen LogP) is -1.14. The van der Waals surface area contributed by atoms with E-state index in [1.165, 1.54) is 0 Å². The lowest BCUT2D eigenvalue weighted by Gasteiger charge is -2.04. The van der Waals surface area contributed by atoms with Gasteiger partial charge in [-0.2, -0.15) is 5.10 Å². The lowest BCUT2D eigenvalue weighted by molar-refractivity contribution is 0.678. The number of aromatic nitrogens is 3. The zero-order valence-corrected chi connectivity index (χ0v) is 7.49. The van der Waals surface area contributed by atoms with Crippen molar-refractivity contribution in [1.82, 2.24) is 25.4 Å². The van der Waals surface area contributed by atoms with E-state index in [-0.39, 0.29) is 0 Å². The number of nitrogens with zero attached hydrogens (tertiary/aromatic N) is 4. The Morgan fingerprint density at radius 1 is 1.69 bits per heavy atom. The van der Waals surface area contributed by atoms with Crippen LogP contribution in [0, 0.1) is 0 Å². The first-order valence-electron chi connectivity index (χ1n) is 4.21. The van der Waals surface area contributed by atoms with Crippen LogP contribution >= 0.6 is 0 Å². The number of aryl methyl sites for hydroxylation is 1. The Kier molecular flexibility index (Phi) is 2.11. The highest BCUT2D eigenvalue weighted by atomic mass is 15.3. The van der Waals surface area contributed by atoms with Crippen LogP contribution in [0.1, 0.15) is 5.82 Å². The van der Waals surface area contributed by atoms with E-state index in [2.05, 4.69) is 25.7 Å². The molecular formula is C7H12N6. The van der Waals surface area contributed by atoms with E-state index in [9.17, 15) is 0 Å². The lowest BCUT2D eigenvalue weighted by atomic mass is 10.6. The van der Waals surface area contributed by atoms with Crippen LogP contribution in [0.2, 0.25) is 0 Å². The van der Waals surface area contributed by atoms with Gasteiger partial charge in [-0.15, -0.1) is 0 Å². The molecule has 2 heterocycles. The van der Waals surface area contributed by atoms with E-state index >= 15 is 0 Å². The molecule has 1 aliphatic heterocycles. The molecule has 0 spiro atoms. The van der Waals surface area contributed by atoms with Gasteiger partial charge in [-0.3, -0.25) is 9.67 Å². The molecule has 2 N–H and O–H groups in total.